The zero-order valence-electron chi connectivity index (χ0n) is 13.4. The molecule has 1 saturated heterocycles. The summed E-state index contributed by atoms with van der Waals surface area (Å²) >= 11 is 0. The summed E-state index contributed by atoms with van der Waals surface area (Å²) in [4.78, 5) is 0. The Morgan fingerprint density at radius 3 is 1.42 bits per heavy atom. The largest absolute Gasteiger partial charge is 0.415 e. The Balaban J connectivity index is 3.26. The minimum Gasteiger partial charge on any atom is -0.415 e. The van der Waals surface area contributed by atoms with Gasteiger partial charge in [-0.05, 0) is 29.7 Å². The first-order valence-electron chi connectivity index (χ1n) is 7.61. The Morgan fingerprint density at radius 1 is 0.842 bits per heavy atom. The molecule has 19 heavy (non-hydrogen) atoms. The van der Waals surface area contributed by atoms with Crippen LogP contribution in [0.2, 0.25) is 29.7 Å². The second-order valence-electron chi connectivity index (χ2n) is 5.62. The van der Waals surface area contributed by atoms with Gasteiger partial charge < -0.3 is 12.3 Å². The van der Waals surface area contributed by atoms with Crippen molar-refractivity contribution in [3.63, 3.8) is 0 Å². The molecule has 6 heteroatoms. The first-order valence-corrected chi connectivity index (χ1v) is 14.0. The van der Waals surface area contributed by atoms with Gasteiger partial charge in [-0.25, -0.2) is 0 Å². The van der Waals surface area contributed by atoms with Crippen molar-refractivity contribution in [1.29, 1.82) is 0 Å². The van der Waals surface area contributed by atoms with Crippen LogP contribution in [0.25, 0.3) is 0 Å². The highest BCUT2D eigenvalue weighted by molar-refractivity contribution is 6.96. The summed E-state index contributed by atoms with van der Waals surface area (Å²) in [6, 6.07) is 4.04. The van der Waals surface area contributed by atoms with Crippen LogP contribution in [0.3, 0.4) is 0 Å². The van der Waals surface area contributed by atoms with E-state index >= 15 is 0 Å². The average molecular weight is 319 g/mol. The zero-order chi connectivity index (χ0) is 14.7. The molecular formula is C13H30O3Si3. The average Bonchev–Trinajstić information content (AvgIpc) is 2.46. The van der Waals surface area contributed by atoms with Crippen LogP contribution in [0.4, 0.5) is 0 Å². The maximum atomic E-state index is 6.59. The van der Waals surface area contributed by atoms with Crippen molar-refractivity contribution >= 4 is 25.7 Å². The molecule has 112 valence electrons. The highest BCUT2D eigenvalue weighted by Crippen LogP contribution is 2.42. The van der Waals surface area contributed by atoms with Crippen molar-refractivity contribution < 1.29 is 12.3 Å². The van der Waals surface area contributed by atoms with Crippen LogP contribution in [0.1, 0.15) is 41.5 Å². The fourth-order valence-electron chi connectivity index (χ4n) is 2.62. The summed E-state index contributed by atoms with van der Waals surface area (Å²) in [6.07, 6.45) is 0. The van der Waals surface area contributed by atoms with Crippen molar-refractivity contribution in [3.05, 3.63) is 12.3 Å². The Labute approximate surface area is 122 Å². The quantitative estimate of drug-likeness (QED) is 0.670. The van der Waals surface area contributed by atoms with Gasteiger partial charge in [-0.1, -0.05) is 47.2 Å². The van der Waals surface area contributed by atoms with E-state index in [-0.39, 0.29) is 0 Å². The van der Waals surface area contributed by atoms with Gasteiger partial charge in [-0.2, -0.15) is 0 Å². The van der Waals surface area contributed by atoms with Crippen LogP contribution in [-0.2, 0) is 12.3 Å². The zero-order valence-corrected chi connectivity index (χ0v) is 16.4. The standard InChI is InChI=1S/C13H30O3Si3/c1-8-17(9-2)14-18(10-3,11-4)16-19(12-5,15-17)13(6)7/h12-13H,5,8-11H2,1-4,6-7H3. The van der Waals surface area contributed by atoms with Crippen LogP contribution in [0, 0.1) is 0 Å². The molecule has 0 unspecified atom stereocenters. The highest BCUT2D eigenvalue weighted by atomic mass is 28.5. The molecule has 1 heterocycles. The molecule has 3 nitrogen and oxygen atoms in total. The monoisotopic (exact) mass is 318 g/mol. The highest BCUT2D eigenvalue weighted by Gasteiger charge is 2.59. The lowest BCUT2D eigenvalue weighted by molar-refractivity contribution is 0.213. The molecule has 0 N–H and O–H groups in total. The summed E-state index contributed by atoms with van der Waals surface area (Å²) in [5.41, 5.74) is 2.39. The predicted molar refractivity (Wildman–Crippen MR) is 87.7 cm³/mol. The molecule has 1 aliphatic rings. The van der Waals surface area contributed by atoms with Crippen molar-refractivity contribution in [1.82, 2.24) is 0 Å². The first kappa shape index (κ1) is 17.3. The Hall–Kier alpha value is 0.271. The number of hydrogen-bond acceptors (Lipinski definition) is 3. The molecule has 0 aliphatic carbocycles. The van der Waals surface area contributed by atoms with E-state index in [1.807, 2.05) is 5.70 Å². The van der Waals surface area contributed by atoms with Gasteiger partial charge in [-0.3, -0.25) is 0 Å². The molecule has 0 radical (unpaired) electrons. The smallest absolute Gasteiger partial charge is 0.349 e. The van der Waals surface area contributed by atoms with E-state index in [9.17, 15) is 0 Å². The van der Waals surface area contributed by atoms with E-state index in [4.69, 9.17) is 12.3 Å². The third-order valence-corrected chi connectivity index (χ3v) is 19.3. The molecule has 0 amide bonds. The maximum absolute atomic E-state index is 6.59. The topological polar surface area (TPSA) is 27.7 Å². The molecule has 0 bridgehead atoms. The molecule has 1 rings (SSSR count). The third-order valence-electron chi connectivity index (χ3n) is 4.31. The number of hydrogen-bond donors (Lipinski definition) is 0. The van der Waals surface area contributed by atoms with Crippen LogP contribution in [-0.4, -0.2) is 25.7 Å². The second-order valence-corrected chi connectivity index (χ2v) is 17.5. The van der Waals surface area contributed by atoms with Gasteiger partial charge in [0.15, 0.2) is 0 Å². The molecule has 0 aromatic rings. The molecule has 0 aromatic heterocycles. The van der Waals surface area contributed by atoms with Crippen molar-refractivity contribution in [2.24, 2.45) is 0 Å². The molecule has 0 spiro atoms. The predicted octanol–water partition coefficient (Wildman–Crippen LogP) is 4.59. The Morgan fingerprint density at radius 2 is 1.21 bits per heavy atom. The molecule has 0 saturated carbocycles. The lowest BCUT2D eigenvalue weighted by Gasteiger charge is -2.53. The summed E-state index contributed by atoms with van der Waals surface area (Å²) in [7, 11) is -6.53. The van der Waals surface area contributed by atoms with E-state index in [1.54, 1.807) is 0 Å². The van der Waals surface area contributed by atoms with E-state index in [0.29, 0.717) is 5.54 Å². The fourth-order valence-corrected chi connectivity index (χ4v) is 20.2. The van der Waals surface area contributed by atoms with Crippen molar-refractivity contribution in [3.8, 4) is 0 Å². The summed E-state index contributed by atoms with van der Waals surface area (Å²) < 4.78 is 19.7. The van der Waals surface area contributed by atoms with Gasteiger partial charge in [0, 0.05) is 0 Å². The Bertz CT molecular complexity index is 292. The van der Waals surface area contributed by atoms with Crippen molar-refractivity contribution in [2.45, 2.75) is 71.3 Å². The van der Waals surface area contributed by atoms with Crippen LogP contribution in [0.15, 0.2) is 12.3 Å². The van der Waals surface area contributed by atoms with E-state index in [0.717, 1.165) is 24.2 Å². The van der Waals surface area contributed by atoms with Gasteiger partial charge in [0.2, 0.25) is 0 Å². The maximum Gasteiger partial charge on any atom is 0.349 e. The normalized spacial score (nSPS) is 24.4. The van der Waals surface area contributed by atoms with Crippen LogP contribution < -0.4 is 0 Å². The van der Waals surface area contributed by atoms with Gasteiger partial charge in [0.25, 0.3) is 0 Å². The van der Waals surface area contributed by atoms with Gasteiger partial charge >= 0.3 is 25.7 Å². The molecule has 0 aromatic carbocycles. The third kappa shape index (κ3) is 3.14. The SMILES string of the molecule is C=C[Si]1(C(C)C)O[Si](CC)(CC)O[Si](CC)(CC)O1. The molecule has 0 atom stereocenters. The van der Waals surface area contributed by atoms with Gasteiger partial charge in [0.05, 0.1) is 0 Å². The molecular weight excluding hydrogens is 288 g/mol. The summed E-state index contributed by atoms with van der Waals surface area (Å²) in [5.74, 6) is 0. The van der Waals surface area contributed by atoms with E-state index in [2.05, 4.69) is 48.1 Å². The van der Waals surface area contributed by atoms with Crippen molar-refractivity contribution in [2.75, 3.05) is 0 Å². The first-order chi connectivity index (χ1) is 8.87. The Kier molecular flexibility index (Phi) is 5.80. The molecule has 1 aliphatic heterocycles. The minimum atomic E-state index is -2.33. The lowest BCUT2D eigenvalue weighted by atomic mass is 10.6. The second kappa shape index (κ2) is 6.36. The lowest BCUT2D eigenvalue weighted by Crippen LogP contribution is -2.70. The van der Waals surface area contributed by atoms with Crippen LogP contribution in [0.5, 0.6) is 0 Å². The summed E-state index contributed by atoms with van der Waals surface area (Å²) in [6.45, 7) is 17.3. The molecule has 1 fully saturated rings. The fraction of sp³-hybridized carbons (Fsp3) is 0.846. The summed E-state index contributed by atoms with van der Waals surface area (Å²) in [5, 5.41) is 0. The minimum absolute atomic E-state index is 0.392. The number of rotatable bonds is 6. The van der Waals surface area contributed by atoms with Gasteiger partial charge in [-0.15, -0.1) is 6.58 Å². The van der Waals surface area contributed by atoms with E-state index < -0.39 is 25.7 Å². The van der Waals surface area contributed by atoms with E-state index in [1.165, 1.54) is 0 Å². The van der Waals surface area contributed by atoms with Gasteiger partial charge in [0.1, 0.15) is 0 Å². The van der Waals surface area contributed by atoms with Crippen LogP contribution >= 0.6 is 0 Å².